The lowest BCUT2D eigenvalue weighted by atomic mass is 9.93. The molecule has 2 rings (SSSR count). The number of nitrogens with one attached hydrogen (secondary N) is 1. The molecular weight excluding hydrogens is 352 g/mol. The lowest BCUT2D eigenvalue weighted by Gasteiger charge is -2.19. The van der Waals surface area contributed by atoms with Crippen molar-refractivity contribution in [1.29, 1.82) is 0 Å². The summed E-state index contributed by atoms with van der Waals surface area (Å²) in [4.78, 5) is 6.17. The van der Waals surface area contributed by atoms with Crippen LogP contribution in [0.3, 0.4) is 0 Å². The van der Waals surface area contributed by atoms with E-state index in [-0.39, 0.29) is 11.5 Å². The van der Waals surface area contributed by atoms with Crippen molar-refractivity contribution in [1.82, 2.24) is 10.3 Å². The van der Waals surface area contributed by atoms with Crippen LogP contribution in [0.25, 0.3) is 0 Å². The third-order valence-corrected chi connectivity index (χ3v) is 5.51. The summed E-state index contributed by atoms with van der Waals surface area (Å²) in [6.45, 7) is 11.0. The standard InChI is InChI=1S/C15H21BrN2S2/c1-9(2)17-13(10-6-7-12(16)20-10)14-18-11(8-19-14)15(3,4)5/h6-9,13,17H,1-5H3. The van der Waals surface area contributed by atoms with Crippen molar-refractivity contribution in [3.8, 4) is 0 Å². The number of thiazole rings is 1. The number of nitrogens with zero attached hydrogens (tertiary/aromatic N) is 1. The average molecular weight is 373 g/mol. The normalized spacial score (nSPS) is 13.9. The predicted molar refractivity (Wildman–Crippen MR) is 92.9 cm³/mol. The van der Waals surface area contributed by atoms with Gasteiger partial charge in [-0.3, -0.25) is 0 Å². The van der Waals surface area contributed by atoms with Crippen LogP contribution in [-0.4, -0.2) is 11.0 Å². The fourth-order valence-electron chi connectivity index (χ4n) is 1.86. The summed E-state index contributed by atoms with van der Waals surface area (Å²) in [5.41, 5.74) is 1.27. The summed E-state index contributed by atoms with van der Waals surface area (Å²) in [6, 6.07) is 4.88. The Morgan fingerprint density at radius 1 is 1.25 bits per heavy atom. The van der Waals surface area contributed by atoms with Crippen LogP contribution in [0.15, 0.2) is 21.3 Å². The molecule has 0 bridgehead atoms. The van der Waals surface area contributed by atoms with Gasteiger partial charge in [0.2, 0.25) is 0 Å². The van der Waals surface area contributed by atoms with Crippen molar-refractivity contribution in [3.63, 3.8) is 0 Å². The van der Waals surface area contributed by atoms with Gasteiger partial charge in [-0.1, -0.05) is 20.8 Å². The van der Waals surface area contributed by atoms with Crippen molar-refractivity contribution < 1.29 is 0 Å². The molecule has 0 radical (unpaired) electrons. The molecule has 0 aliphatic carbocycles. The van der Waals surface area contributed by atoms with Crippen LogP contribution in [0.2, 0.25) is 0 Å². The zero-order chi connectivity index (χ0) is 14.9. The van der Waals surface area contributed by atoms with Gasteiger partial charge >= 0.3 is 0 Å². The second-order valence-electron chi connectivity index (χ2n) is 6.22. The van der Waals surface area contributed by atoms with Gasteiger partial charge in [0, 0.05) is 21.7 Å². The lowest BCUT2D eigenvalue weighted by Crippen LogP contribution is -2.28. The Hall–Kier alpha value is -0.230. The largest absolute Gasteiger partial charge is 0.301 e. The van der Waals surface area contributed by atoms with Crippen LogP contribution >= 0.6 is 38.6 Å². The number of thiophene rings is 1. The first-order valence-corrected chi connectivity index (χ1v) is 9.23. The summed E-state index contributed by atoms with van der Waals surface area (Å²) in [5, 5.41) is 6.97. The Bertz CT molecular complexity index is 566. The maximum atomic E-state index is 4.87. The average Bonchev–Trinajstić information content (AvgIpc) is 2.93. The number of hydrogen-bond acceptors (Lipinski definition) is 4. The van der Waals surface area contributed by atoms with Crippen LogP contribution in [0.5, 0.6) is 0 Å². The highest BCUT2D eigenvalue weighted by Crippen LogP contribution is 2.34. The Morgan fingerprint density at radius 2 is 1.95 bits per heavy atom. The first-order chi connectivity index (χ1) is 9.27. The molecule has 20 heavy (non-hydrogen) atoms. The van der Waals surface area contributed by atoms with Gasteiger partial charge in [0.05, 0.1) is 15.5 Å². The Morgan fingerprint density at radius 3 is 2.40 bits per heavy atom. The zero-order valence-electron chi connectivity index (χ0n) is 12.5. The first kappa shape index (κ1) is 16.1. The van der Waals surface area contributed by atoms with Crippen molar-refractivity contribution in [2.45, 2.75) is 52.1 Å². The van der Waals surface area contributed by atoms with E-state index < -0.39 is 0 Å². The fraction of sp³-hybridized carbons (Fsp3) is 0.533. The molecule has 1 atom stereocenters. The van der Waals surface area contributed by atoms with Gasteiger partial charge < -0.3 is 5.32 Å². The summed E-state index contributed by atoms with van der Waals surface area (Å²) < 4.78 is 1.16. The summed E-state index contributed by atoms with van der Waals surface area (Å²) in [6.07, 6.45) is 0. The minimum atomic E-state index is 0.104. The molecule has 0 fully saturated rings. The Labute approximate surface area is 137 Å². The topological polar surface area (TPSA) is 24.9 Å². The predicted octanol–water partition coefficient (Wildman–Crippen LogP) is 5.35. The molecule has 5 heteroatoms. The van der Waals surface area contributed by atoms with Crippen molar-refractivity contribution >= 4 is 38.6 Å². The Balaban J connectivity index is 2.34. The third kappa shape index (κ3) is 3.91. The molecule has 0 spiro atoms. The van der Waals surface area contributed by atoms with E-state index in [0.29, 0.717) is 6.04 Å². The molecule has 0 aliphatic rings. The van der Waals surface area contributed by atoms with Crippen LogP contribution in [-0.2, 0) is 5.41 Å². The monoisotopic (exact) mass is 372 g/mol. The third-order valence-electron chi connectivity index (χ3n) is 2.92. The molecule has 2 heterocycles. The molecule has 0 aromatic carbocycles. The Kier molecular flexibility index (Phi) is 5.05. The van der Waals surface area contributed by atoms with E-state index >= 15 is 0 Å². The number of rotatable bonds is 4. The summed E-state index contributed by atoms with van der Waals surface area (Å²) >= 11 is 7.07. The van der Waals surface area contributed by atoms with E-state index in [1.165, 1.54) is 10.6 Å². The van der Waals surface area contributed by atoms with E-state index in [1.807, 2.05) is 0 Å². The SMILES string of the molecule is CC(C)NC(c1ccc(Br)s1)c1nc(C(C)(C)C)cs1. The smallest absolute Gasteiger partial charge is 0.115 e. The van der Waals surface area contributed by atoms with Crippen molar-refractivity contribution in [2.75, 3.05) is 0 Å². The van der Waals surface area contributed by atoms with Gasteiger partial charge in [0.25, 0.3) is 0 Å². The van der Waals surface area contributed by atoms with Crippen LogP contribution in [0.4, 0.5) is 0 Å². The molecule has 1 N–H and O–H groups in total. The maximum Gasteiger partial charge on any atom is 0.115 e. The molecule has 2 nitrogen and oxygen atoms in total. The van der Waals surface area contributed by atoms with Crippen LogP contribution in [0, 0.1) is 0 Å². The van der Waals surface area contributed by atoms with Gasteiger partial charge in [-0.15, -0.1) is 22.7 Å². The van der Waals surface area contributed by atoms with Crippen LogP contribution in [0.1, 0.15) is 56.2 Å². The van der Waals surface area contributed by atoms with E-state index in [2.05, 4.69) is 73.4 Å². The highest BCUT2D eigenvalue weighted by molar-refractivity contribution is 9.11. The number of halogens is 1. The minimum absolute atomic E-state index is 0.104. The molecule has 0 saturated heterocycles. The lowest BCUT2D eigenvalue weighted by molar-refractivity contribution is 0.524. The minimum Gasteiger partial charge on any atom is -0.301 e. The zero-order valence-corrected chi connectivity index (χ0v) is 15.7. The molecule has 0 amide bonds. The van der Waals surface area contributed by atoms with Gasteiger partial charge in [-0.25, -0.2) is 4.98 Å². The second kappa shape index (κ2) is 6.26. The van der Waals surface area contributed by atoms with Gasteiger partial charge in [0.1, 0.15) is 5.01 Å². The van der Waals surface area contributed by atoms with Crippen molar-refractivity contribution in [2.24, 2.45) is 0 Å². The fourth-order valence-corrected chi connectivity index (χ4v) is 4.54. The van der Waals surface area contributed by atoms with E-state index in [0.717, 1.165) is 8.79 Å². The van der Waals surface area contributed by atoms with Gasteiger partial charge in [0.15, 0.2) is 0 Å². The molecule has 2 aromatic heterocycles. The highest BCUT2D eigenvalue weighted by Gasteiger charge is 2.23. The highest BCUT2D eigenvalue weighted by atomic mass is 79.9. The molecule has 0 saturated carbocycles. The van der Waals surface area contributed by atoms with Gasteiger partial charge in [-0.05, 0) is 41.9 Å². The summed E-state index contributed by atoms with van der Waals surface area (Å²) in [7, 11) is 0. The first-order valence-electron chi connectivity index (χ1n) is 6.74. The molecule has 0 aliphatic heterocycles. The van der Waals surface area contributed by atoms with E-state index in [9.17, 15) is 0 Å². The number of hydrogen-bond donors (Lipinski definition) is 1. The van der Waals surface area contributed by atoms with Crippen LogP contribution < -0.4 is 5.32 Å². The van der Waals surface area contributed by atoms with E-state index in [4.69, 9.17) is 4.98 Å². The second-order valence-corrected chi connectivity index (χ2v) is 9.60. The van der Waals surface area contributed by atoms with E-state index in [1.54, 1.807) is 22.7 Å². The quantitative estimate of drug-likeness (QED) is 0.781. The van der Waals surface area contributed by atoms with Crippen molar-refractivity contribution in [3.05, 3.63) is 36.9 Å². The summed E-state index contributed by atoms with van der Waals surface area (Å²) in [5.74, 6) is 0. The molecule has 1 unspecified atom stereocenters. The molecule has 110 valence electrons. The number of aromatic nitrogens is 1. The molecule has 2 aromatic rings. The maximum absolute atomic E-state index is 4.87. The van der Waals surface area contributed by atoms with Gasteiger partial charge in [-0.2, -0.15) is 0 Å². The molecular formula is C15H21BrN2S2.